The van der Waals surface area contributed by atoms with Crippen LogP contribution >= 0.6 is 11.6 Å². The molecule has 0 saturated carbocycles. The van der Waals surface area contributed by atoms with Crippen molar-refractivity contribution < 1.29 is 9.94 Å². The summed E-state index contributed by atoms with van der Waals surface area (Å²) in [7, 11) is 1.61. The Labute approximate surface area is 118 Å². The molecule has 0 spiro atoms. The molecule has 1 aromatic carbocycles. The molecule has 6 heteroatoms. The first-order chi connectivity index (χ1) is 8.90. The van der Waals surface area contributed by atoms with E-state index in [0.29, 0.717) is 18.0 Å². The normalized spacial score (nSPS) is 12.3. The van der Waals surface area contributed by atoms with Gasteiger partial charge in [0.1, 0.15) is 11.6 Å². The third kappa shape index (κ3) is 4.21. The monoisotopic (exact) mass is 285 g/mol. The van der Waals surface area contributed by atoms with Crippen LogP contribution < -0.4 is 15.8 Å². The summed E-state index contributed by atoms with van der Waals surface area (Å²) >= 11 is 5.95. The molecule has 0 saturated heterocycles. The van der Waals surface area contributed by atoms with E-state index in [1.165, 1.54) is 0 Å². The number of methoxy groups -OCH3 is 1. The Morgan fingerprint density at radius 1 is 1.53 bits per heavy atom. The lowest BCUT2D eigenvalue weighted by atomic mass is 9.88. The van der Waals surface area contributed by atoms with Gasteiger partial charge in [-0.25, -0.2) is 0 Å². The van der Waals surface area contributed by atoms with Gasteiger partial charge in [-0.1, -0.05) is 30.6 Å². The minimum absolute atomic E-state index is 0.215. The van der Waals surface area contributed by atoms with Gasteiger partial charge >= 0.3 is 0 Å². The van der Waals surface area contributed by atoms with Gasteiger partial charge in [0.05, 0.1) is 12.8 Å². The number of benzene rings is 1. The fraction of sp³-hybridized carbons (Fsp3) is 0.462. The highest BCUT2D eigenvalue weighted by Gasteiger charge is 2.23. The molecule has 0 amide bonds. The second-order valence-corrected chi connectivity index (χ2v) is 5.33. The van der Waals surface area contributed by atoms with Gasteiger partial charge in [-0.05, 0) is 24.6 Å². The van der Waals surface area contributed by atoms with Crippen LogP contribution in [0.25, 0.3) is 0 Å². The van der Waals surface area contributed by atoms with Crippen molar-refractivity contribution in [1.29, 1.82) is 0 Å². The molecular formula is C13H20ClN3O2. The zero-order chi connectivity index (χ0) is 14.5. The molecule has 0 atom stereocenters. The first-order valence-electron chi connectivity index (χ1n) is 5.96. The lowest BCUT2D eigenvalue weighted by Crippen LogP contribution is -2.33. The van der Waals surface area contributed by atoms with E-state index >= 15 is 0 Å². The highest BCUT2D eigenvalue weighted by Crippen LogP contribution is 2.28. The largest absolute Gasteiger partial charge is 0.495 e. The van der Waals surface area contributed by atoms with Gasteiger partial charge in [0.2, 0.25) is 0 Å². The number of hydrogen-bond donors (Lipinski definition) is 3. The fourth-order valence-electron chi connectivity index (χ4n) is 1.59. The van der Waals surface area contributed by atoms with Gasteiger partial charge < -0.3 is 21.0 Å². The number of nitrogens with zero attached hydrogens (tertiary/aromatic N) is 1. The summed E-state index contributed by atoms with van der Waals surface area (Å²) in [6, 6.07) is 5.38. The molecule has 0 aliphatic rings. The Morgan fingerprint density at radius 3 is 2.79 bits per heavy atom. The van der Waals surface area contributed by atoms with Gasteiger partial charge in [-0.3, -0.25) is 0 Å². The molecular weight excluding hydrogens is 266 g/mol. The maximum absolute atomic E-state index is 8.71. The topological polar surface area (TPSA) is 79.9 Å². The summed E-state index contributed by atoms with van der Waals surface area (Å²) in [4.78, 5) is 0. The van der Waals surface area contributed by atoms with E-state index in [0.717, 1.165) is 11.4 Å². The van der Waals surface area contributed by atoms with Crippen LogP contribution in [0.15, 0.2) is 23.4 Å². The lowest BCUT2D eigenvalue weighted by Gasteiger charge is -2.23. The summed E-state index contributed by atoms with van der Waals surface area (Å²) < 4.78 is 5.24. The minimum atomic E-state index is -0.381. The quantitative estimate of drug-likeness (QED) is 0.325. The number of halogens is 1. The number of amidine groups is 1. The molecule has 0 aliphatic carbocycles. The van der Waals surface area contributed by atoms with Crippen LogP contribution in [0.4, 0.5) is 5.69 Å². The molecule has 1 rings (SSSR count). The lowest BCUT2D eigenvalue weighted by molar-refractivity contribution is 0.306. The fourth-order valence-corrected chi connectivity index (χ4v) is 1.76. The van der Waals surface area contributed by atoms with Gasteiger partial charge in [-0.15, -0.1) is 0 Å². The number of ether oxygens (including phenoxy) is 1. The zero-order valence-electron chi connectivity index (χ0n) is 11.4. The number of rotatable bonds is 6. The van der Waals surface area contributed by atoms with Crippen LogP contribution in [-0.2, 0) is 0 Å². The van der Waals surface area contributed by atoms with E-state index in [1.54, 1.807) is 25.3 Å². The SMILES string of the molecule is COc1ccc(Cl)cc1NCCC(C)(C)C(N)=NO. The predicted molar refractivity (Wildman–Crippen MR) is 78.3 cm³/mol. The molecule has 106 valence electrons. The summed E-state index contributed by atoms with van der Waals surface area (Å²) in [6.07, 6.45) is 0.707. The second-order valence-electron chi connectivity index (χ2n) is 4.89. The summed E-state index contributed by atoms with van der Waals surface area (Å²) in [6.45, 7) is 4.48. The Morgan fingerprint density at radius 2 is 2.21 bits per heavy atom. The molecule has 0 unspecified atom stereocenters. The highest BCUT2D eigenvalue weighted by molar-refractivity contribution is 6.30. The molecule has 5 nitrogen and oxygen atoms in total. The molecule has 0 aliphatic heterocycles. The Kier molecular flexibility index (Phi) is 5.30. The summed E-state index contributed by atoms with van der Waals surface area (Å²) in [5.74, 6) is 0.943. The van der Waals surface area contributed by atoms with Crippen molar-refractivity contribution in [1.82, 2.24) is 0 Å². The van der Waals surface area contributed by atoms with Gasteiger partial charge in [0.25, 0.3) is 0 Å². The van der Waals surface area contributed by atoms with Crippen molar-refractivity contribution in [2.45, 2.75) is 20.3 Å². The van der Waals surface area contributed by atoms with Crippen molar-refractivity contribution in [3.05, 3.63) is 23.2 Å². The van der Waals surface area contributed by atoms with Crippen LogP contribution in [0.5, 0.6) is 5.75 Å². The molecule has 0 radical (unpaired) electrons. The first-order valence-corrected chi connectivity index (χ1v) is 6.34. The van der Waals surface area contributed by atoms with Crippen LogP contribution in [0, 0.1) is 5.41 Å². The van der Waals surface area contributed by atoms with Crippen molar-refractivity contribution >= 4 is 23.1 Å². The molecule has 19 heavy (non-hydrogen) atoms. The Bertz CT molecular complexity index is 461. The smallest absolute Gasteiger partial charge is 0.144 e. The maximum Gasteiger partial charge on any atom is 0.144 e. The average Bonchev–Trinajstić information content (AvgIpc) is 2.37. The van der Waals surface area contributed by atoms with E-state index in [9.17, 15) is 0 Å². The maximum atomic E-state index is 8.71. The second kappa shape index (κ2) is 6.52. The Balaban J connectivity index is 2.65. The van der Waals surface area contributed by atoms with Gasteiger partial charge in [-0.2, -0.15) is 0 Å². The van der Waals surface area contributed by atoms with E-state index in [1.807, 2.05) is 13.8 Å². The molecule has 1 aromatic rings. The van der Waals surface area contributed by atoms with Crippen molar-refractivity contribution in [3.63, 3.8) is 0 Å². The van der Waals surface area contributed by atoms with Crippen molar-refractivity contribution in [2.24, 2.45) is 16.3 Å². The van der Waals surface area contributed by atoms with E-state index in [-0.39, 0.29) is 11.3 Å². The highest BCUT2D eigenvalue weighted by atomic mass is 35.5. The molecule has 0 bridgehead atoms. The third-order valence-electron chi connectivity index (χ3n) is 3.03. The van der Waals surface area contributed by atoms with Crippen LogP contribution in [0.2, 0.25) is 5.02 Å². The minimum Gasteiger partial charge on any atom is -0.495 e. The number of oxime groups is 1. The number of anilines is 1. The van der Waals surface area contributed by atoms with Crippen molar-refractivity contribution in [2.75, 3.05) is 19.0 Å². The van der Waals surface area contributed by atoms with Crippen molar-refractivity contribution in [3.8, 4) is 5.75 Å². The molecule has 0 heterocycles. The van der Waals surface area contributed by atoms with E-state index in [4.69, 9.17) is 27.3 Å². The summed E-state index contributed by atoms with van der Waals surface area (Å²) in [5, 5.41) is 15.6. The molecule has 0 aromatic heterocycles. The zero-order valence-corrected chi connectivity index (χ0v) is 12.2. The average molecular weight is 286 g/mol. The third-order valence-corrected chi connectivity index (χ3v) is 3.26. The number of nitrogens with two attached hydrogens (primary N) is 1. The Hall–Kier alpha value is -1.62. The van der Waals surface area contributed by atoms with Gasteiger partial charge in [0.15, 0.2) is 0 Å². The van der Waals surface area contributed by atoms with Crippen LogP contribution in [0.1, 0.15) is 20.3 Å². The summed E-state index contributed by atoms with van der Waals surface area (Å²) in [5.41, 5.74) is 6.08. The van der Waals surface area contributed by atoms with Crippen LogP contribution in [-0.4, -0.2) is 24.7 Å². The van der Waals surface area contributed by atoms with Gasteiger partial charge in [0, 0.05) is 17.0 Å². The standard InChI is InChI=1S/C13H20ClN3O2/c1-13(2,12(15)17-18)6-7-16-10-8-9(14)4-5-11(10)19-3/h4-5,8,16,18H,6-7H2,1-3H3,(H2,15,17). The molecule has 4 N–H and O–H groups in total. The van der Waals surface area contributed by atoms with E-state index in [2.05, 4.69) is 10.5 Å². The first kappa shape index (κ1) is 15.4. The number of hydrogen-bond acceptors (Lipinski definition) is 4. The predicted octanol–water partition coefficient (Wildman–Crippen LogP) is 2.92. The molecule has 0 fully saturated rings. The van der Waals surface area contributed by atoms with E-state index < -0.39 is 0 Å². The number of nitrogens with one attached hydrogen (secondary N) is 1. The van der Waals surface area contributed by atoms with Crippen LogP contribution in [0.3, 0.4) is 0 Å².